The average molecular weight is 374 g/mol. The SMILES string of the molecule is C/C(=N\NC(=O)CSc1nc2ccccc2[nH]1)c1ccc2ccccc2c1. The molecule has 0 saturated heterocycles. The standard InChI is InChI=1S/C21H18N4OS/c1-14(16-11-10-15-6-2-3-7-17(15)12-16)24-25-20(26)13-27-21-22-18-8-4-5-9-19(18)23-21/h2-12H,13H2,1H3,(H,22,23)(H,25,26)/b24-14+. The Balaban J connectivity index is 1.38. The minimum atomic E-state index is -0.166. The van der Waals surface area contributed by atoms with E-state index in [9.17, 15) is 4.79 Å². The molecule has 0 fully saturated rings. The number of benzene rings is 3. The zero-order chi connectivity index (χ0) is 18.6. The maximum absolute atomic E-state index is 12.1. The van der Waals surface area contributed by atoms with Crippen LogP contribution >= 0.6 is 11.8 Å². The highest BCUT2D eigenvalue weighted by Gasteiger charge is 2.07. The third kappa shape index (κ3) is 4.01. The second-order valence-electron chi connectivity index (χ2n) is 6.14. The van der Waals surface area contributed by atoms with Crippen LogP contribution in [0.15, 0.2) is 77.0 Å². The molecule has 0 atom stereocenters. The Hall–Kier alpha value is -3.12. The summed E-state index contributed by atoms with van der Waals surface area (Å²) < 4.78 is 0. The fraction of sp³-hybridized carbons (Fsp3) is 0.0952. The monoisotopic (exact) mass is 374 g/mol. The van der Waals surface area contributed by atoms with Crippen molar-refractivity contribution in [2.75, 3.05) is 5.75 Å². The molecule has 134 valence electrons. The number of carbonyl (C=O) groups is 1. The van der Waals surface area contributed by atoms with E-state index in [-0.39, 0.29) is 11.7 Å². The van der Waals surface area contributed by atoms with Gasteiger partial charge in [-0.2, -0.15) is 5.10 Å². The topological polar surface area (TPSA) is 70.1 Å². The average Bonchev–Trinajstić information content (AvgIpc) is 3.13. The van der Waals surface area contributed by atoms with Crippen molar-refractivity contribution in [2.45, 2.75) is 12.1 Å². The molecule has 1 heterocycles. The summed E-state index contributed by atoms with van der Waals surface area (Å²) in [5.74, 6) is 0.0783. The second-order valence-corrected chi connectivity index (χ2v) is 7.11. The molecule has 0 radical (unpaired) electrons. The molecule has 1 aromatic heterocycles. The minimum Gasteiger partial charge on any atom is -0.333 e. The summed E-state index contributed by atoms with van der Waals surface area (Å²) in [6.45, 7) is 1.89. The van der Waals surface area contributed by atoms with Crippen LogP contribution in [0.5, 0.6) is 0 Å². The van der Waals surface area contributed by atoms with Crippen molar-refractivity contribution < 1.29 is 4.79 Å². The number of amides is 1. The normalized spacial score (nSPS) is 11.8. The smallest absolute Gasteiger partial charge is 0.250 e. The molecule has 27 heavy (non-hydrogen) atoms. The summed E-state index contributed by atoms with van der Waals surface area (Å²) in [6.07, 6.45) is 0. The quantitative estimate of drug-likeness (QED) is 0.310. The number of H-pyrrole nitrogens is 1. The third-order valence-corrected chi connectivity index (χ3v) is 5.10. The van der Waals surface area contributed by atoms with Gasteiger partial charge in [0, 0.05) is 0 Å². The molecule has 5 nitrogen and oxygen atoms in total. The number of hydrazone groups is 1. The van der Waals surface area contributed by atoms with Crippen molar-refractivity contribution in [3.8, 4) is 0 Å². The number of aromatic amines is 1. The third-order valence-electron chi connectivity index (χ3n) is 4.22. The van der Waals surface area contributed by atoms with Gasteiger partial charge < -0.3 is 4.98 Å². The van der Waals surface area contributed by atoms with Crippen molar-refractivity contribution in [2.24, 2.45) is 5.10 Å². The first-order valence-electron chi connectivity index (χ1n) is 8.59. The Morgan fingerprint density at radius 1 is 1.07 bits per heavy atom. The van der Waals surface area contributed by atoms with Gasteiger partial charge in [-0.05, 0) is 41.5 Å². The number of imidazole rings is 1. The van der Waals surface area contributed by atoms with Gasteiger partial charge in [0.05, 0.1) is 22.5 Å². The van der Waals surface area contributed by atoms with Gasteiger partial charge in [0.25, 0.3) is 5.91 Å². The summed E-state index contributed by atoms with van der Waals surface area (Å²) >= 11 is 1.36. The zero-order valence-electron chi connectivity index (χ0n) is 14.8. The van der Waals surface area contributed by atoms with Crippen LogP contribution in [0.4, 0.5) is 0 Å². The molecule has 6 heteroatoms. The second kappa shape index (κ2) is 7.63. The summed E-state index contributed by atoms with van der Waals surface area (Å²) in [7, 11) is 0. The van der Waals surface area contributed by atoms with Crippen LogP contribution in [-0.4, -0.2) is 27.3 Å². The summed E-state index contributed by atoms with van der Waals surface area (Å²) in [5.41, 5.74) is 6.23. The number of fused-ring (bicyclic) bond motifs is 2. The Bertz CT molecular complexity index is 1120. The number of para-hydroxylation sites is 2. The van der Waals surface area contributed by atoms with Crippen molar-refractivity contribution >= 4 is 45.2 Å². The number of aromatic nitrogens is 2. The van der Waals surface area contributed by atoms with E-state index in [2.05, 4.69) is 44.8 Å². The fourth-order valence-corrected chi connectivity index (χ4v) is 3.47. The molecular formula is C21H18N4OS. The van der Waals surface area contributed by atoms with E-state index < -0.39 is 0 Å². The number of thioether (sulfide) groups is 1. The number of nitrogens with one attached hydrogen (secondary N) is 2. The van der Waals surface area contributed by atoms with Crippen LogP contribution in [-0.2, 0) is 4.79 Å². The molecule has 0 saturated carbocycles. The molecule has 0 bridgehead atoms. The summed E-state index contributed by atoms with van der Waals surface area (Å²) in [5, 5.41) is 7.28. The lowest BCUT2D eigenvalue weighted by Gasteiger charge is -2.04. The van der Waals surface area contributed by atoms with Crippen LogP contribution < -0.4 is 5.43 Å². The highest BCUT2D eigenvalue weighted by atomic mass is 32.2. The Morgan fingerprint density at radius 2 is 1.85 bits per heavy atom. The van der Waals surface area contributed by atoms with Gasteiger partial charge in [0.1, 0.15) is 0 Å². The van der Waals surface area contributed by atoms with Crippen LogP contribution in [0.3, 0.4) is 0 Å². The van der Waals surface area contributed by atoms with Crippen molar-refractivity contribution in [1.29, 1.82) is 0 Å². The van der Waals surface area contributed by atoms with E-state index in [1.165, 1.54) is 17.1 Å². The molecule has 0 aliphatic carbocycles. The first-order valence-corrected chi connectivity index (χ1v) is 9.57. The van der Waals surface area contributed by atoms with Crippen LogP contribution in [0.1, 0.15) is 12.5 Å². The molecular weight excluding hydrogens is 356 g/mol. The van der Waals surface area contributed by atoms with Gasteiger partial charge >= 0.3 is 0 Å². The Labute approximate surface area is 160 Å². The zero-order valence-corrected chi connectivity index (χ0v) is 15.6. The lowest BCUT2D eigenvalue weighted by Crippen LogP contribution is -2.21. The van der Waals surface area contributed by atoms with E-state index in [0.29, 0.717) is 0 Å². The van der Waals surface area contributed by atoms with E-state index in [1.54, 1.807) is 0 Å². The fourth-order valence-electron chi connectivity index (χ4n) is 2.79. The molecule has 0 unspecified atom stereocenters. The van der Waals surface area contributed by atoms with Gasteiger partial charge in [0.2, 0.25) is 0 Å². The predicted molar refractivity (Wildman–Crippen MR) is 111 cm³/mol. The Morgan fingerprint density at radius 3 is 2.70 bits per heavy atom. The molecule has 4 rings (SSSR count). The van der Waals surface area contributed by atoms with Gasteiger partial charge in [-0.25, -0.2) is 10.4 Å². The van der Waals surface area contributed by atoms with Gasteiger partial charge in [0.15, 0.2) is 5.16 Å². The number of carbonyl (C=O) groups excluding carboxylic acids is 1. The largest absolute Gasteiger partial charge is 0.333 e. The molecule has 1 amide bonds. The first kappa shape index (κ1) is 17.3. The number of nitrogens with zero attached hydrogens (tertiary/aromatic N) is 2. The van der Waals surface area contributed by atoms with Crippen molar-refractivity contribution in [3.05, 3.63) is 72.3 Å². The molecule has 0 aliphatic rings. The first-order chi connectivity index (χ1) is 13.2. The lowest BCUT2D eigenvalue weighted by molar-refractivity contribution is -0.118. The van der Waals surface area contributed by atoms with Gasteiger partial charge in [-0.3, -0.25) is 4.79 Å². The highest BCUT2D eigenvalue weighted by Crippen LogP contribution is 2.19. The van der Waals surface area contributed by atoms with E-state index >= 15 is 0 Å². The molecule has 0 spiro atoms. The van der Waals surface area contributed by atoms with E-state index in [1.807, 2.05) is 49.4 Å². The molecule has 2 N–H and O–H groups in total. The highest BCUT2D eigenvalue weighted by molar-refractivity contribution is 7.99. The number of hydrogen-bond donors (Lipinski definition) is 2. The lowest BCUT2D eigenvalue weighted by atomic mass is 10.0. The number of hydrogen-bond acceptors (Lipinski definition) is 4. The van der Waals surface area contributed by atoms with Crippen LogP contribution in [0, 0.1) is 0 Å². The van der Waals surface area contributed by atoms with Crippen molar-refractivity contribution in [1.82, 2.24) is 15.4 Å². The molecule has 3 aromatic carbocycles. The summed E-state index contributed by atoms with van der Waals surface area (Å²) in [4.78, 5) is 19.7. The molecule has 4 aromatic rings. The van der Waals surface area contributed by atoms with Gasteiger partial charge in [-0.1, -0.05) is 60.3 Å². The van der Waals surface area contributed by atoms with Gasteiger partial charge in [-0.15, -0.1) is 0 Å². The predicted octanol–water partition coefficient (Wildman–Crippen LogP) is 4.35. The summed E-state index contributed by atoms with van der Waals surface area (Å²) in [6, 6.07) is 22.1. The van der Waals surface area contributed by atoms with E-state index in [0.717, 1.165) is 32.9 Å². The van der Waals surface area contributed by atoms with Crippen LogP contribution in [0.25, 0.3) is 21.8 Å². The van der Waals surface area contributed by atoms with Crippen molar-refractivity contribution in [3.63, 3.8) is 0 Å². The maximum atomic E-state index is 12.1. The minimum absolute atomic E-state index is 0.166. The van der Waals surface area contributed by atoms with E-state index in [4.69, 9.17) is 0 Å². The maximum Gasteiger partial charge on any atom is 0.250 e. The Kier molecular flexibility index (Phi) is 4.89. The molecule has 0 aliphatic heterocycles. The van der Waals surface area contributed by atoms with Crippen LogP contribution in [0.2, 0.25) is 0 Å². The number of rotatable bonds is 5.